The number of rotatable bonds is 3. The van der Waals surface area contributed by atoms with Crippen LogP contribution in [-0.4, -0.2) is 72.1 Å². The maximum absolute atomic E-state index is 10.9. The molecule has 0 N–H and O–H groups in total. The third-order valence-corrected chi connectivity index (χ3v) is 5.02. The Morgan fingerprint density at radius 1 is 1.26 bits per heavy atom. The highest BCUT2D eigenvalue weighted by Gasteiger charge is 2.27. The highest BCUT2D eigenvalue weighted by Crippen LogP contribution is 2.23. The van der Waals surface area contributed by atoms with Gasteiger partial charge in [-0.25, -0.2) is 4.98 Å². The fourth-order valence-electron chi connectivity index (χ4n) is 3.65. The second kappa shape index (κ2) is 6.80. The minimum atomic E-state index is -0.371. The zero-order valence-electron chi connectivity index (χ0n) is 13.9. The van der Waals surface area contributed by atoms with Crippen molar-refractivity contribution in [3.63, 3.8) is 0 Å². The SMILES string of the molecule is Cc1cc(N2CCN([C@@H]3CCCN(C)C3)CC2)ncc1[N+](=O)[O-]. The topological polar surface area (TPSA) is 65.8 Å². The maximum Gasteiger partial charge on any atom is 0.290 e. The molecule has 23 heavy (non-hydrogen) atoms. The number of hydrogen-bond donors (Lipinski definition) is 0. The van der Waals surface area contributed by atoms with Crippen LogP contribution in [0.15, 0.2) is 12.3 Å². The first-order valence-electron chi connectivity index (χ1n) is 8.33. The summed E-state index contributed by atoms with van der Waals surface area (Å²) < 4.78 is 0. The summed E-state index contributed by atoms with van der Waals surface area (Å²) in [6.45, 7) is 8.09. The average molecular weight is 319 g/mol. The fourth-order valence-corrected chi connectivity index (χ4v) is 3.65. The lowest BCUT2D eigenvalue weighted by Crippen LogP contribution is -2.54. The summed E-state index contributed by atoms with van der Waals surface area (Å²) >= 11 is 0. The molecule has 0 spiro atoms. The lowest BCUT2D eigenvalue weighted by molar-refractivity contribution is -0.385. The predicted octanol–water partition coefficient (Wildman–Crippen LogP) is 1.51. The van der Waals surface area contributed by atoms with Gasteiger partial charge in [0.25, 0.3) is 5.69 Å². The molecule has 3 heterocycles. The monoisotopic (exact) mass is 319 g/mol. The number of likely N-dealkylation sites (N-methyl/N-ethyl adjacent to an activating group) is 1. The molecule has 2 aliphatic heterocycles. The summed E-state index contributed by atoms with van der Waals surface area (Å²) in [5, 5.41) is 10.9. The van der Waals surface area contributed by atoms with E-state index in [2.05, 4.69) is 26.7 Å². The number of anilines is 1. The molecule has 0 amide bonds. The van der Waals surface area contributed by atoms with E-state index >= 15 is 0 Å². The molecule has 0 aliphatic carbocycles. The van der Waals surface area contributed by atoms with Crippen molar-refractivity contribution in [1.29, 1.82) is 0 Å². The molecule has 2 aliphatic rings. The number of nitrogens with zero attached hydrogens (tertiary/aromatic N) is 5. The second-order valence-electron chi connectivity index (χ2n) is 6.67. The van der Waals surface area contributed by atoms with Gasteiger partial charge in [0.05, 0.1) is 4.92 Å². The first-order valence-corrected chi connectivity index (χ1v) is 8.33. The van der Waals surface area contributed by atoms with E-state index in [4.69, 9.17) is 0 Å². The van der Waals surface area contributed by atoms with E-state index in [-0.39, 0.29) is 10.6 Å². The zero-order chi connectivity index (χ0) is 16.4. The summed E-state index contributed by atoms with van der Waals surface area (Å²) in [5.41, 5.74) is 0.772. The molecule has 0 bridgehead atoms. The minimum Gasteiger partial charge on any atom is -0.354 e. The van der Waals surface area contributed by atoms with Crippen LogP contribution in [0.4, 0.5) is 11.5 Å². The van der Waals surface area contributed by atoms with E-state index in [1.54, 1.807) is 6.92 Å². The van der Waals surface area contributed by atoms with Gasteiger partial charge < -0.3 is 9.80 Å². The summed E-state index contributed by atoms with van der Waals surface area (Å²) in [5.74, 6) is 0.855. The Labute approximate surface area is 137 Å². The van der Waals surface area contributed by atoms with E-state index in [1.165, 1.54) is 25.6 Å². The normalized spacial score (nSPS) is 23.9. The van der Waals surface area contributed by atoms with Gasteiger partial charge in [0, 0.05) is 44.3 Å². The molecule has 7 heteroatoms. The van der Waals surface area contributed by atoms with E-state index in [0.717, 1.165) is 38.5 Å². The number of piperazine rings is 1. The standard InChI is InChI=1S/C16H25N5O2/c1-13-10-16(17-11-15(13)21(22)23)20-8-6-19(7-9-20)14-4-3-5-18(2)12-14/h10-11,14H,3-9,12H2,1-2H3/t14-/m1/s1. The molecule has 0 radical (unpaired) electrons. The summed E-state index contributed by atoms with van der Waals surface area (Å²) in [7, 11) is 2.20. The lowest BCUT2D eigenvalue weighted by Gasteiger charge is -2.43. The smallest absolute Gasteiger partial charge is 0.290 e. The van der Waals surface area contributed by atoms with Crippen LogP contribution in [0.5, 0.6) is 0 Å². The van der Waals surface area contributed by atoms with Crippen molar-refractivity contribution < 1.29 is 4.92 Å². The van der Waals surface area contributed by atoms with Gasteiger partial charge in [-0.2, -0.15) is 0 Å². The molecular formula is C16H25N5O2. The molecule has 1 aromatic rings. The molecule has 2 saturated heterocycles. The number of hydrogen-bond acceptors (Lipinski definition) is 6. The van der Waals surface area contributed by atoms with Crippen molar-refractivity contribution in [2.24, 2.45) is 0 Å². The van der Waals surface area contributed by atoms with Crippen LogP contribution in [0.3, 0.4) is 0 Å². The molecular weight excluding hydrogens is 294 g/mol. The maximum atomic E-state index is 10.9. The molecule has 0 unspecified atom stereocenters. The average Bonchev–Trinajstić information content (AvgIpc) is 2.54. The number of likely N-dealkylation sites (tertiary alicyclic amines) is 1. The van der Waals surface area contributed by atoms with Crippen molar-refractivity contribution in [2.45, 2.75) is 25.8 Å². The van der Waals surface area contributed by atoms with Crippen LogP contribution in [0.25, 0.3) is 0 Å². The Morgan fingerprint density at radius 2 is 2.00 bits per heavy atom. The van der Waals surface area contributed by atoms with Crippen LogP contribution in [-0.2, 0) is 0 Å². The molecule has 0 aromatic carbocycles. The molecule has 126 valence electrons. The summed E-state index contributed by atoms with van der Waals surface area (Å²) in [6.07, 6.45) is 3.96. The van der Waals surface area contributed by atoms with Gasteiger partial charge in [-0.3, -0.25) is 15.0 Å². The number of pyridine rings is 1. The van der Waals surface area contributed by atoms with E-state index in [1.807, 2.05) is 6.07 Å². The molecule has 7 nitrogen and oxygen atoms in total. The van der Waals surface area contributed by atoms with Crippen molar-refractivity contribution in [3.05, 3.63) is 27.9 Å². The van der Waals surface area contributed by atoms with Crippen LogP contribution >= 0.6 is 0 Å². The molecule has 2 fully saturated rings. The Balaban J connectivity index is 1.60. The van der Waals surface area contributed by atoms with Crippen LogP contribution in [0.1, 0.15) is 18.4 Å². The molecule has 1 atom stereocenters. The minimum absolute atomic E-state index is 0.0950. The van der Waals surface area contributed by atoms with E-state index in [0.29, 0.717) is 11.6 Å². The van der Waals surface area contributed by atoms with Crippen LogP contribution in [0.2, 0.25) is 0 Å². The van der Waals surface area contributed by atoms with Crippen molar-refractivity contribution >= 4 is 11.5 Å². The van der Waals surface area contributed by atoms with Gasteiger partial charge in [-0.05, 0) is 39.4 Å². The third kappa shape index (κ3) is 3.61. The summed E-state index contributed by atoms with van der Waals surface area (Å²) in [4.78, 5) is 22.1. The highest BCUT2D eigenvalue weighted by atomic mass is 16.6. The highest BCUT2D eigenvalue weighted by molar-refractivity contribution is 5.48. The summed E-state index contributed by atoms with van der Waals surface area (Å²) in [6, 6.07) is 2.50. The van der Waals surface area contributed by atoms with E-state index in [9.17, 15) is 10.1 Å². The number of aryl methyl sites for hydroxylation is 1. The number of aromatic nitrogens is 1. The Hall–Kier alpha value is -1.73. The number of nitro groups is 1. The second-order valence-corrected chi connectivity index (χ2v) is 6.67. The van der Waals surface area contributed by atoms with Gasteiger partial charge in [-0.15, -0.1) is 0 Å². The quantitative estimate of drug-likeness (QED) is 0.621. The van der Waals surface area contributed by atoms with E-state index < -0.39 is 0 Å². The molecule has 0 saturated carbocycles. The zero-order valence-corrected chi connectivity index (χ0v) is 13.9. The van der Waals surface area contributed by atoms with Gasteiger partial charge in [-0.1, -0.05) is 0 Å². The van der Waals surface area contributed by atoms with Crippen molar-refractivity contribution in [3.8, 4) is 0 Å². The Bertz CT molecular complexity index is 572. The van der Waals surface area contributed by atoms with Crippen molar-refractivity contribution in [2.75, 3.05) is 51.2 Å². The Morgan fingerprint density at radius 3 is 2.61 bits per heavy atom. The largest absolute Gasteiger partial charge is 0.354 e. The van der Waals surface area contributed by atoms with Gasteiger partial charge in [0.2, 0.25) is 0 Å². The molecule has 3 rings (SSSR count). The van der Waals surface area contributed by atoms with Gasteiger partial charge >= 0.3 is 0 Å². The number of piperidine rings is 1. The fraction of sp³-hybridized carbons (Fsp3) is 0.688. The van der Waals surface area contributed by atoms with Gasteiger partial charge in [0.15, 0.2) is 0 Å². The Kier molecular flexibility index (Phi) is 4.77. The first kappa shape index (κ1) is 16.1. The van der Waals surface area contributed by atoms with Crippen LogP contribution < -0.4 is 4.90 Å². The molecule has 1 aromatic heterocycles. The third-order valence-electron chi connectivity index (χ3n) is 5.02. The first-order chi connectivity index (χ1) is 11.0. The van der Waals surface area contributed by atoms with Crippen molar-refractivity contribution in [1.82, 2.24) is 14.8 Å². The van der Waals surface area contributed by atoms with Gasteiger partial charge in [0.1, 0.15) is 12.0 Å². The lowest BCUT2D eigenvalue weighted by atomic mass is 10.0. The predicted molar refractivity (Wildman–Crippen MR) is 89.9 cm³/mol. The van der Waals surface area contributed by atoms with Crippen LogP contribution in [0, 0.1) is 17.0 Å².